The van der Waals surface area contributed by atoms with Gasteiger partial charge >= 0.3 is 0 Å². The first-order valence-electron chi connectivity index (χ1n) is 2.81. The van der Waals surface area contributed by atoms with Gasteiger partial charge in [-0.05, 0) is 12.1 Å². The Morgan fingerprint density at radius 3 is 2.60 bits per heavy atom. The van der Waals surface area contributed by atoms with Crippen molar-refractivity contribution in [2.24, 2.45) is 4.47 Å². The molecule has 1 aromatic rings. The van der Waals surface area contributed by atoms with Gasteiger partial charge in [0.25, 0.3) is 0 Å². The largest absolute Gasteiger partial charge is 0.271 e. The van der Waals surface area contributed by atoms with E-state index in [2.05, 4.69) is 9.90 Å². The number of para-hydroxylation sites is 1. The van der Waals surface area contributed by atoms with Crippen molar-refractivity contribution >= 4 is 17.2 Å². The summed E-state index contributed by atoms with van der Waals surface area (Å²) in [6, 6.07) is 9.37. The highest BCUT2D eigenvalue weighted by molar-refractivity contribution is 7.54. The molecule has 0 aliphatic carbocycles. The Morgan fingerprint density at radius 1 is 1.30 bits per heavy atom. The summed E-state index contributed by atoms with van der Waals surface area (Å²) < 4.78 is 13.4. The molecule has 0 amide bonds. The van der Waals surface area contributed by atoms with E-state index in [4.69, 9.17) is 0 Å². The lowest BCUT2D eigenvalue weighted by Gasteiger charge is -1.94. The van der Waals surface area contributed by atoms with Crippen LogP contribution in [0.3, 0.4) is 0 Å². The van der Waals surface area contributed by atoms with Crippen molar-refractivity contribution in [2.45, 2.75) is 0 Å². The summed E-state index contributed by atoms with van der Waals surface area (Å²) in [4.78, 5) is 0. The van der Waals surface area contributed by atoms with Crippen molar-refractivity contribution in [2.75, 3.05) is 5.43 Å². The van der Waals surface area contributed by atoms with Crippen LogP contribution in [0.15, 0.2) is 34.8 Å². The van der Waals surface area contributed by atoms with E-state index in [1.807, 2.05) is 30.3 Å². The summed E-state index contributed by atoms with van der Waals surface area (Å²) in [6.07, 6.45) is 0. The second-order valence-electron chi connectivity index (χ2n) is 1.68. The zero-order valence-corrected chi connectivity index (χ0v) is 6.24. The average molecular weight is 156 g/mol. The molecular weight excluding hydrogens is 148 g/mol. The molecule has 0 aliphatic heterocycles. The van der Waals surface area contributed by atoms with Gasteiger partial charge in [0.2, 0.25) is 0 Å². The van der Waals surface area contributed by atoms with Crippen LogP contribution in [0, 0.1) is 0 Å². The predicted octanol–water partition coefficient (Wildman–Crippen LogP) is 0.875. The fourth-order valence-corrected chi connectivity index (χ4v) is 0.775. The first kappa shape index (κ1) is 7.08. The number of benzene rings is 1. The molecule has 0 fully saturated rings. The number of anilines is 1. The van der Waals surface area contributed by atoms with Crippen LogP contribution in [0.25, 0.3) is 0 Å². The smallest absolute Gasteiger partial charge is 0.0568 e. The van der Waals surface area contributed by atoms with Crippen LogP contribution in [0.1, 0.15) is 0 Å². The molecule has 0 heterocycles. The lowest BCUT2D eigenvalue weighted by atomic mass is 10.3. The monoisotopic (exact) mass is 156 g/mol. The maximum Gasteiger partial charge on any atom is 0.0568 e. The van der Waals surface area contributed by atoms with Gasteiger partial charge in [-0.3, -0.25) is 9.63 Å². The van der Waals surface area contributed by atoms with Gasteiger partial charge < -0.3 is 0 Å². The average Bonchev–Trinajstić information content (AvgIpc) is 2.03. The molecule has 0 unspecified atom stereocenters. The Balaban J connectivity index is 2.67. The van der Waals surface area contributed by atoms with Crippen molar-refractivity contribution < 1.29 is 4.21 Å². The highest BCUT2D eigenvalue weighted by atomic mass is 32.1. The minimum Gasteiger partial charge on any atom is -0.271 e. The maximum absolute atomic E-state index is 9.90. The quantitative estimate of drug-likeness (QED) is 0.646. The summed E-state index contributed by atoms with van der Waals surface area (Å²) >= 11 is -0.653. The highest BCUT2D eigenvalue weighted by Crippen LogP contribution is 2.03. The van der Waals surface area contributed by atoms with E-state index in [9.17, 15) is 4.21 Å². The SMILES string of the molecule is O=[SH2]=NNc1ccccc1. The molecule has 0 aliphatic rings. The zero-order chi connectivity index (χ0) is 7.23. The van der Waals surface area contributed by atoms with Gasteiger partial charge in [-0.15, -0.1) is 4.47 Å². The standard InChI is InChI=1S/C6H8N2OS/c9-10-8-7-6-4-2-1-3-5-6/h1-5,7H,10H2. The van der Waals surface area contributed by atoms with Crippen molar-refractivity contribution in [3.05, 3.63) is 30.3 Å². The third kappa shape index (κ3) is 2.06. The predicted molar refractivity (Wildman–Crippen MR) is 43.4 cm³/mol. The molecular formula is C6H8N2OS. The summed E-state index contributed by atoms with van der Waals surface area (Å²) in [5.74, 6) is 0. The summed E-state index contributed by atoms with van der Waals surface area (Å²) in [6.45, 7) is 0. The molecule has 4 heteroatoms. The van der Waals surface area contributed by atoms with Crippen molar-refractivity contribution in [1.82, 2.24) is 0 Å². The van der Waals surface area contributed by atoms with E-state index in [0.717, 1.165) is 5.69 Å². The molecule has 3 nitrogen and oxygen atoms in total. The van der Waals surface area contributed by atoms with E-state index in [1.165, 1.54) is 0 Å². The lowest BCUT2D eigenvalue weighted by molar-refractivity contribution is 0.698. The van der Waals surface area contributed by atoms with Crippen molar-refractivity contribution in [3.8, 4) is 0 Å². The molecule has 0 aromatic heterocycles. The summed E-state index contributed by atoms with van der Waals surface area (Å²) in [5.41, 5.74) is 3.47. The Kier molecular flexibility index (Phi) is 2.76. The van der Waals surface area contributed by atoms with Crippen LogP contribution in [0.2, 0.25) is 0 Å². The highest BCUT2D eigenvalue weighted by Gasteiger charge is 1.81. The van der Waals surface area contributed by atoms with Crippen LogP contribution in [0.4, 0.5) is 5.69 Å². The van der Waals surface area contributed by atoms with Crippen LogP contribution < -0.4 is 5.43 Å². The molecule has 0 atom stereocenters. The third-order valence-electron chi connectivity index (χ3n) is 1.00. The van der Waals surface area contributed by atoms with Gasteiger partial charge in [-0.25, -0.2) is 0 Å². The van der Waals surface area contributed by atoms with E-state index in [-0.39, 0.29) is 0 Å². The maximum atomic E-state index is 9.90. The van der Waals surface area contributed by atoms with E-state index >= 15 is 0 Å². The zero-order valence-electron chi connectivity index (χ0n) is 5.24. The minimum atomic E-state index is -0.653. The van der Waals surface area contributed by atoms with Crippen LogP contribution in [-0.4, -0.2) is 4.21 Å². The second-order valence-corrected chi connectivity index (χ2v) is 2.09. The Hall–Kier alpha value is -1.03. The second kappa shape index (κ2) is 3.90. The fourth-order valence-electron chi connectivity index (χ4n) is 0.600. The molecule has 1 N–H and O–H groups in total. The Bertz CT molecular complexity index is 243. The summed E-state index contributed by atoms with van der Waals surface area (Å²) in [7, 11) is 0. The molecule has 0 saturated carbocycles. The van der Waals surface area contributed by atoms with Crippen molar-refractivity contribution in [3.63, 3.8) is 0 Å². The van der Waals surface area contributed by atoms with Crippen LogP contribution in [0.5, 0.6) is 0 Å². The molecule has 54 valence electrons. The first-order chi connectivity index (χ1) is 4.93. The van der Waals surface area contributed by atoms with Gasteiger partial charge in [-0.1, -0.05) is 18.2 Å². The van der Waals surface area contributed by atoms with Gasteiger partial charge in [0.1, 0.15) is 0 Å². The molecule has 0 saturated heterocycles. The number of nitrogens with one attached hydrogen (secondary N) is 1. The van der Waals surface area contributed by atoms with E-state index in [0.29, 0.717) is 0 Å². The van der Waals surface area contributed by atoms with Gasteiger partial charge in [0, 0.05) is 11.5 Å². The van der Waals surface area contributed by atoms with Gasteiger partial charge in [-0.2, -0.15) is 0 Å². The number of nitrogens with zero attached hydrogens (tertiary/aromatic N) is 1. The molecule has 0 spiro atoms. The minimum absolute atomic E-state index is 0.653. The van der Waals surface area contributed by atoms with Crippen LogP contribution >= 0.6 is 0 Å². The van der Waals surface area contributed by atoms with Gasteiger partial charge in [0.15, 0.2) is 0 Å². The number of hydrogen-bond acceptors (Lipinski definition) is 2. The molecule has 1 aromatic carbocycles. The Labute approximate surface area is 62.3 Å². The number of hydrogen-bond donors (Lipinski definition) is 1. The lowest BCUT2D eigenvalue weighted by Crippen LogP contribution is -1.83. The fraction of sp³-hybridized carbons (Fsp3) is 0. The third-order valence-corrected chi connectivity index (χ3v) is 1.21. The normalized spacial score (nSPS) is 10.0. The van der Waals surface area contributed by atoms with Gasteiger partial charge in [0.05, 0.1) is 5.69 Å². The summed E-state index contributed by atoms with van der Waals surface area (Å²) in [5, 5.41) is 0. The van der Waals surface area contributed by atoms with E-state index < -0.39 is 11.5 Å². The van der Waals surface area contributed by atoms with E-state index in [1.54, 1.807) is 0 Å². The number of rotatable bonds is 2. The topological polar surface area (TPSA) is 41.5 Å². The molecule has 1 rings (SSSR count). The molecule has 10 heavy (non-hydrogen) atoms. The molecule has 0 radical (unpaired) electrons. The Morgan fingerprint density at radius 2 is 2.00 bits per heavy atom. The van der Waals surface area contributed by atoms with Crippen LogP contribution in [-0.2, 0) is 11.5 Å². The molecule has 0 bridgehead atoms. The van der Waals surface area contributed by atoms with Crippen molar-refractivity contribution in [1.29, 1.82) is 0 Å². The first-order valence-corrected chi connectivity index (χ1v) is 3.67.